The number of carbonyl (C=O) groups excluding carboxylic acids is 1. The summed E-state index contributed by atoms with van der Waals surface area (Å²) in [5, 5.41) is 0. The Bertz CT molecular complexity index is 596. The average molecular weight is 362 g/mol. The van der Waals surface area contributed by atoms with Crippen molar-refractivity contribution in [1.29, 1.82) is 0 Å². The van der Waals surface area contributed by atoms with E-state index in [0.29, 0.717) is 12.0 Å². The highest BCUT2D eigenvalue weighted by atomic mass is 32.1. The van der Waals surface area contributed by atoms with Gasteiger partial charge in [-0.25, -0.2) is 0 Å². The molecule has 1 aromatic heterocycles. The van der Waals surface area contributed by atoms with Crippen LogP contribution in [0.2, 0.25) is 0 Å². The summed E-state index contributed by atoms with van der Waals surface area (Å²) >= 11 is 2.00. The zero-order chi connectivity index (χ0) is 17.2. The maximum Gasteiger partial charge on any atom is 0.219 e. The Balaban J connectivity index is 1.36. The zero-order valence-corrected chi connectivity index (χ0v) is 16.3. The number of likely N-dealkylation sites (tertiary alicyclic amines) is 1. The van der Waals surface area contributed by atoms with Gasteiger partial charge in [-0.05, 0) is 56.8 Å². The molecule has 4 nitrogen and oxygen atoms in total. The Morgan fingerprint density at radius 2 is 1.80 bits per heavy atom. The topological polar surface area (TPSA) is 26.8 Å². The molecule has 0 aromatic carbocycles. The highest BCUT2D eigenvalue weighted by Gasteiger charge is 2.35. The summed E-state index contributed by atoms with van der Waals surface area (Å²) in [6, 6.07) is 5.23. The van der Waals surface area contributed by atoms with Gasteiger partial charge in [-0.1, -0.05) is 6.42 Å². The van der Waals surface area contributed by atoms with E-state index < -0.39 is 0 Å². The molecule has 4 aliphatic heterocycles. The Kier molecular flexibility index (Phi) is 5.44. The molecule has 25 heavy (non-hydrogen) atoms. The summed E-state index contributed by atoms with van der Waals surface area (Å²) in [5.41, 5.74) is 0. The van der Waals surface area contributed by atoms with Crippen LogP contribution in [0, 0.1) is 5.92 Å². The fourth-order valence-electron chi connectivity index (χ4n) is 4.76. The minimum absolute atomic E-state index is 0.249. The Hall–Kier alpha value is -0.910. The predicted octanol–water partition coefficient (Wildman–Crippen LogP) is 3.18. The van der Waals surface area contributed by atoms with Crippen LogP contribution in [-0.2, 0) is 17.9 Å². The van der Waals surface area contributed by atoms with Crippen LogP contribution in [0.15, 0.2) is 12.1 Å². The van der Waals surface area contributed by atoms with Crippen molar-refractivity contribution in [3.05, 3.63) is 21.9 Å². The molecule has 1 aromatic rings. The van der Waals surface area contributed by atoms with Crippen molar-refractivity contribution >= 4 is 17.2 Å². The fourth-order valence-corrected chi connectivity index (χ4v) is 5.85. The van der Waals surface area contributed by atoms with E-state index in [0.717, 1.165) is 32.7 Å². The molecule has 0 saturated carbocycles. The molecule has 2 bridgehead atoms. The molecule has 4 fully saturated rings. The lowest BCUT2D eigenvalue weighted by molar-refractivity contribution is -0.129. The summed E-state index contributed by atoms with van der Waals surface area (Å²) in [4.78, 5) is 22.2. The van der Waals surface area contributed by atoms with E-state index in [1.54, 1.807) is 6.92 Å². The standard InChI is InChI=1S/C20H31N3OS/c1-16(24)22-11-17-5-6-18(13-22)23(12-17)15-20-8-7-19(25-20)14-21-9-3-2-4-10-21/h7-8,17-18H,2-6,9-15H2,1H3/t17-,18+/m0/s1. The van der Waals surface area contributed by atoms with Gasteiger partial charge in [0.25, 0.3) is 0 Å². The predicted molar refractivity (Wildman–Crippen MR) is 103 cm³/mol. The van der Waals surface area contributed by atoms with E-state index in [9.17, 15) is 4.79 Å². The van der Waals surface area contributed by atoms with E-state index >= 15 is 0 Å². The normalized spacial score (nSPS) is 28.3. The second-order valence-corrected chi connectivity index (χ2v) is 9.41. The monoisotopic (exact) mass is 361 g/mol. The van der Waals surface area contributed by atoms with Gasteiger partial charge in [0, 0.05) is 55.4 Å². The number of amides is 1. The van der Waals surface area contributed by atoms with Gasteiger partial charge in [0.05, 0.1) is 0 Å². The fraction of sp³-hybridized carbons (Fsp3) is 0.750. The largest absolute Gasteiger partial charge is 0.341 e. The number of thiophene rings is 1. The molecule has 5 heterocycles. The molecule has 0 spiro atoms. The lowest BCUT2D eigenvalue weighted by Crippen LogP contribution is -2.43. The molecule has 138 valence electrons. The summed E-state index contributed by atoms with van der Waals surface area (Å²) in [6.07, 6.45) is 6.67. The number of piperidine rings is 2. The lowest BCUT2D eigenvalue weighted by atomic mass is 9.95. The van der Waals surface area contributed by atoms with Crippen LogP contribution in [-0.4, -0.2) is 59.4 Å². The van der Waals surface area contributed by atoms with Crippen molar-refractivity contribution < 1.29 is 4.79 Å². The first kappa shape index (κ1) is 17.5. The van der Waals surface area contributed by atoms with Crippen molar-refractivity contribution in [3.8, 4) is 0 Å². The van der Waals surface area contributed by atoms with E-state index in [1.165, 1.54) is 54.9 Å². The quantitative estimate of drug-likeness (QED) is 0.824. The van der Waals surface area contributed by atoms with Crippen LogP contribution in [0.1, 0.15) is 48.8 Å². The van der Waals surface area contributed by atoms with Crippen molar-refractivity contribution in [2.75, 3.05) is 32.7 Å². The lowest BCUT2D eigenvalue weighted by Gasteiger charge is -2.35. The molecule has 4 saturated heterocycles. The molecule has 1 amide bonds. The summed E-state index contributed by atoms with van der Waals surface area (Å²) in [6.45, 7) is 9.51. The second kappa shape index (κ2) is 7.77. The van der Waals surface area contributed by atoms with Gasteiger partial charge in [0.15, 0.2) is 0 Å². The molecule has 0 unspecified atom stereocenters. The molecule has 0 radical (unpaired) electrons. The highest BCUT2D eigenvalue weighted by Crippen LogP contribution is 2.31. The summed E-state index contributed by atoms with van der Waals surface area (Å²) < 4.78 is 0. The van der Waals surface area contributed by atoms with Crippen LogP contribution in [0.5, 0.6) is 0 Å². The third-order valence-corrected chi connectivity index (χ3v) is 7.23. The average Bonchev–Trinajstić information content (AvgIpc) is 2.84. The van der Waals surface area contributed by atoms with Gasteiger partial charge >= 0.3 is 0 Å². The van der Waals surface area contributed by atoms with E-state index in [1.807, 2.05) is 11.3 Å². The van der Waals surface area contributed by atoms with Crippen molar-refractivity contribution in [2.45, 2.75) is 58.2 Å². The molecule has 5 rings (SSSR count). The van der Waals surface area contributed by atoms with E-state index in [-0.39, 0.29) is 5.91 Å². The third kappa shape index (κ3) is 4.26. The SMILES string of the molecule is CC(=O)N1C[C@@H]2CC[C@H](C1)N(Cc1ccc(CN3CCCCC3)s1)C2. The molecule has 0 aliphatic carbocycles. The maximum absolute atomic E-state index is 11.8. The summed E-state index contributed by atoms with van der Waals surface area (Å²) in [7, 11) is 0. The van der Waals surface area contributed by atoms with E-state index in [2.05, 4.69) is 26.8 Å². The first-order valence-electron chi connectivity index (χ1n) is 9.97. The first-order chi connectivity index (χ1) is 12.2. The Morgan fingerprint density at radius 1 is 1.04 bits per heavy atom. The first-order valence-corrected chi connectivity index (χ1v) is 10.8. The van der Waals surface area contributed by atoms with Crippen LogP contribution < -0.4 is 0 Å². The van der Waals surface area contributed by atoms with Gasteiger partial charge in [-0.2, -0.15) is 0 Å². The number of fused-ring (bicyclic) bond motifs is 4. The number of nitrogens with zero attached hydrogens (tertiary/aromatic N) is 3. The van der Waals surface area contributed by atoms with Gasteiger partial charge in [-0.15, -0.1) is 11.3 Å². The minimum Gasteiger partial charge on any atom is -0.341 e. The molecule has 4 aliphatic rings. The Morgan fingerprint density at radius 3 is 2.56 bits per heavy atom. The number of hydrogen-bond acceptors (Lipinski definition) is 4. The second-order valence-electron chi connectivity index (χ2n) is 8.16. The van der Waals surface area contributed by atoms with Crippen LogP contribution in [0.3, 0.4) is 0 Å². The van der Waals surface area contributed by atoms with Crippen molar-refractivity contribution in [3.63, 3.8) is 0 Å². The van der Waals surface area contributed by atoms with Gasteiger partial charge in [0.2, 0.25) is 5.91 Å². The number of rotatable bonds is 4. The highest BCUT2D eigenvalue weighted by molar-refractivity contribution is 7.11. The van der Waals surface area contributed by atoms with Crippen molar-refractivity contribution in [2.24, 2.45) is 5.92 Å². The van der Waals surface area contributed by atoms with Gasteiger partial charge in [-0.3, -0.25) is 14.6 Å². The van der Waals surface area contributed by atoms with Crippen molar-refractivity contribution in [1.82, 2.24) is 14.7 Å². The van der Waals surface area contributed by atoms with Gasteiger partial charge in [0.1, 0.15) is 0 Å². The van der Waals surface area contributed by atoms with Gasteiger partial charge < -0.3 is 4.90 Å². The number of carbonyl (C=O) groups is 1. The third-order valence-electron chi connectivity index (χ3n) is 6.18. The molecule has 0 N–H and O–H groups in total. The van der Waals surface area contributed by atoms with Crippen LogP contribution in [0.4, 0.5) is 0 Å². The Labute approximate surface area is 155 Å². The van der Waals surface area contributed by atoms with Crippen LogP contribution >= 0.6 is 11.3 Å². The minimum atomic E-state index is 0.249. The molecule has 2 atom stereocenters. The molecule has 5 heteroatoms. The van der Waals surface area contributed by atoms with E-state index in [4.69, 9.17) is 0 Å². The molecular weight excluding hydrogens is 330 g/mol. The maximum atomic E-state index is 11.8. The smallest absolute Gasteiger partial charge is 0.219 e. The summed E-state index contributed by atoms with van der Waals surface area (Å²) in [5.74, 6) is 0.911. The number of hydrogen-bond donors (Lipinski definition) is 0. The zero-order valence-electron chi connectivity index (χ0n) is 15.5. The van der Waals surface area contributed by atoms with Crippen LogP contribution in [0.25, 0.3) is 0 Å². The molecular formula is C20H31N3OS.